The van der Waals surface area contributed by atoms with E-state index in [9.17, 15) is 0 Å². The molecule has 43 heavy (non-hydrogen) atoms. The Kier molecular flexibility index (Phi) is 7.36. The van der Waals surface area contributed by atoms with Crippen molar-refractivity contribution in [2.75, 3.05) is 44.8 Å². The number of benzene rings is 2. The van der Waals surface area contributed by atoms with E-state index in [2.05, 4.69) is 10.3 Å². The minimum absolute atomic E-state index is 0.00579. The topological polar surface area (TPSA) is 73.7 Å². The molecule has 8 nitrogen and oxygen atoms in total. The first-order valence-electron chi connectivity index (χ1n) is 14.4. The Morgan fingerprint density at radius 2 is 1.77 bits per heavy atom. The van der Waals surface area contributed by atoms with Crippen molar-refractivity contribution in [2.24, 2.45) is 5.41 Å². The quantitative estimate of drug-likeness (QED) is 0.237. The van der Waals surface area contributed by atoms with Crippen LogP contribution in [0.5, 0.6) is 11.5 Å². The van der Waals surface area contributed by atoms with Crippen molar-refractivity contribution < 1.29 is 23.0 Å². The SMILES string of the molecule is COc1cc2c(cc1O[C@H](C)c1c(Cl)cncc1Cl)c(-c1cc(F)c(N3CC4(CNC4)C3)c(F)c1)nn2C1CCCCO1. The molecule has 12 heteroatoms. The van der Waals surface area contributed by atoms with Crippen LogP contribution in [0.25, 0.3) is 22.2 Å². The summed E-state index contributed by atoms with van der Waals surface area (Å²) in [7, 11) is 1.55. The van der Waals surface area contributed by atoms with Crippen LogP contribution in [-0.4, -0.2) is 54.7 Å². The van der Waals surface area contributed by atoms with Gasteiger partial charge in [0.2, 0.25) is 0 Å². The van der Waals surface area contributed by atoms with E-state index < -0.39 is 17.7 Å². The Morgan fingerprint density at radius 3 is 2.37 bits per heavy atom. The van der Waals surface area contributed by atoms with E-state index in [-0.39, 0.29) is 17.3 Å². The molecule has 0 saturated carbocycles. The third-order valence-electron chi connectivity index (χ3n) is 8.68. The summed E-state index contributed by atoms with van der Waals surface area (Å²) in [6.07, 6.45) is 4.84. The predicted octanol–water partition coefficient (Wildman–Crippen LogP) is 6.94. The minimum Gasteiger partial charge on any atom is -0.493 e. The monoisotopic (exact) mass is 629 g/mol. The third-order valence-corrected chi connectivity index (χ3v) is 9.28. The summed E-state index contributed by atoms with van der Waals surface area (Å²) in [4.78, 5) is 5.79. The molecule has 3 aliphatic heterocycles. The van der Waals surface area contributed by atoms with Crippen LogP contribution in [0.1, 0.15) is 44.1 Å². The smallest absolute Gasteiger partial charge is 0.162 e. The number of methoxy groups -OCH3 is 1. The Morgan fingerprint density at radius 1 is 1.05 bits per heavy atom. The molecule has 7 rings (SSSR count). The molecule has 226 valence electrons. The van der Waals surface area contributed by atoms with Gasteiger partial charge in [0, 0.05) is 73.2 Å². The highest BCUT2D eigenvalue weighted by atomic mass is 35.5. The van der Waals surface area contributed by atoms with Gasteiger partial charge >= 0.3 is 0 Å². The Hall–Kier alpha value is -3.18. The van der Waals surface area contributed by atoms with Crippen molar-refractivity contribution in [2.45, 2.75) is 38.5 Å². The van der Waals surface area contributed by atoms with E-state index in [1.54, 1.807) is 22.8 Å². The van der Waals surface area contributed by atoms with Crippen molar-refractivity contribution >= 4 is 39.8 Å². The molecular weight excluding hydrogens is 599 g/mol. The van der Waals surface area contributed by atoms with Gasteiger partial charge in [0.15, 0.2) is 17.7 Å². The maximum absolute atomic E-state index is 15.6. The number of pyridine rings is 1. The number of aromatic nitrogens is 3. The molecular formula is C31H31Cl2F2N5O3. The number of rotatable bonds is 7. The molecule has 0 aliphatic carbocycles. The molecule has 2 aromatic carbocycles. The number of halogens is 4. The van der Waals surface area contributed by atoms with Crippen LogP contribution in [0.4, 0.5) is 14.5 Å². The van der Waals surface area contributed by atoms with Gasteiger partial charge in [-0.2, -0.15) is 5.10 Å². The van der Waals surface area contributed by atoms with Crippen LogP contribution in [0.3, 0.4) is 0 Å². The second kappa shape index (κ2) is 11.1. The van der Waals surface area contributed by atoms with Gasteiger partial charge in [-0.3, -0.25) is 4.98 Å². The summed E-state index contributed by atoms with van der Waals surface area (Å²) in [6, 6.07) is 6.32. The Balaban J connectivity index is 1.31. The average molecular weight is 631 g/mol. The van der Waals surface area contributed by atoms with Gasteiger partial charge < -0.3 is 24.4 Å². The van der Waals surface area contributed by atoms with Gasteiger partial charge in [-0.1, -0.05) is 23.2 Å². The summed E-state index contributed by atoms with van der Waals surface area (Å²) < 4.78 is 51.1. The van der Waals surface area contributed by atoms with Gasteiger partial charge in [0.05, 0.1) is 22.7 Å². The second-order valence-corrected chi connectivity index (χ2v) is 12.5. The number of nitrogens with one attached hydrogen (secondary N) is 1. The predicted molar refractivity (Wildman–Crippen MR) is 161 cm³/mol. The highest BCUT2D eigenvalue weighted by molar-refractivity contribution is 6.35. The number of hydrogen-bond acceptors (Lipinski definition) is 7. The molecule has 4 aromatic rings. The molecule has 3 aliphatic rings. The molecule has 5 heterocycles. The van der Waals surface area contributed by atoms with Crippen molar-refractivity contribution in [1.82, 2.24) is 20.1 Å². The fourth-order valence-corrected chi connectivity index (χ4v) is 7.10. The standard InChI is InChI=1S/C31H31Cl2F2N5O3/c1-17(28-20(32)11-36-12-21(28)33)43-26-9-19-24(10-25(26)41-2)40(27-5-3-4-6-42-27)38-29(19)18-7-22(34)30(23(35)8-18)39-15-31(16-39)13-37-14-31/h7-12,17,27,37H,3-6,13-16H2,1-2H3/t17-,27?/m1/s1. The molecule has 1 spiro atoms. The lowest BCUT2D eigenvalue weighted by molar-refractivity contribution is -0.0365. The Bertz CT molecular complexity index is 1660. The number of anilines is 1. The van der Waals surface area contributed by atoms with E-state index in [1.807, 2.05) is 13.0 Å². The van der Waals surface area contributed by atoms with Gasteiger partial charge in [0.25, 0.3) is 0 Å². The number of fused-ring (bicyclic) bond motifs is 1. The highest BCUT2D eigenvalue weighted by Crippen LogP contribution is 2.44. The van der Waals surface area contributed by atoms with Crippen molar-refractivity contribution in [1.29, 1.82) is 0 Å². The maximum atomic E-state index is 15.6. The van der Waals surface area contributed by atoms with Crippen molar-refractivity contribution in [3.05, 3.63) is 63.9 Å². The second-order valence-electron chi connectivity index (χ2n) is 11.7. The molecule has 2 aromatic heterocycles. The highest BCUT2D eigenvalue weighted by Gasteiger charge is 2.48. The molecule has 3 fully saturated rings. The zero-order chi connectivity index (χ0) is 29.9. The number of nitrogens with zero attached hydrogens (tertiary/aromatic N) is 4. The zero-order valence-electron chi connectivity index (χ0n) is 23.8. The molecule has 2 atom stereocenters. The van der Waals surface area contributed by atoms with E-state index in [1.165, 1.54) is 24.5 Å². The van der Waals surface area contributed by atoms with Gasteiger partial charge in [-0.05, 0) is 44.4 Å². The summed E-state index contributed by atoms with van der Waals surface area (Å²) in [6.45, 7) is 5.45. The van der Waals surface area contributed by atoms with E-state index in [4.69, 9.17) is 42.5 Å². The lowest BCUT2D eigenvalue weighted by Crippen LogP contribution is -2.71. The molecule has 1 unspecified atom stereocenters. The number of hydrogen-bond donors (Lipinski definition) is 1. The van der Waals surface area contributed by atoms with Crippen LogP contribution in [-0.2, 0) is 4.74 Å². The van der Waals surface area contributed by atoms with E-state index in [0.717, 1.165) is 32.4 Å². The zero-order valence-corrected chi connectivity index (χ0v) is 25.3. The fraction of sp³-hybridized carbons (Fsp3) is 0.419. The summed E-state index contributed by atoms with van der Waals surface area (Å²) in [5.41, 5.74) is 2.15. The molecule has 0 amide bonds. The van der Waals surface area contributed by atoms with E-state index >= 15 is 8.78 Å². The maximum Gasteiger partial charge on any atom is 0.162 e. The van der Waals surface area contributed by atoms with Gasteiger partial charge in [-0.25, -0.2) is 13.5 Å². The van der Waals surface area contributed by atoms with Crippen LogP contribution < -0.4 is 19.7 Å². The summed E-state index contributed by atoms with van der Waals surface area (Å²) >= 11 is 12.8. The molecule has 3 saturated heterocycles. The first kappa shape index (κ1) is 28.6. The van der Waals surface area contributed by atoms with Crippen molar-refractivity contribution in [3.63, 3.8) is 0 Å². The lowest BCUT2D eigenvalue weighted by atomic mass is 9.74. The fourth-order valence-electron chi connectivity index (χ4n) is 6.43. The van der Waals surface area contributed by atoms with Crippen LogP contribution in [0, 0.1) is 17.0 Å². The van der Waals surface area contributed by atoms with Crippen LogP contribution in [0.2, 0.25) is 10.0 Å². The average Bonchev–Trinajstić information content (AvgIpc) is 3.31. The first-order valence-corrected chi connectivity index (χ1v) is 15.1. The molecule has 1 N–H and O–H groups in total. The van der Waals surface area contributed by atoms with E-state index in [0.29, 0.717) is 69.0 Å². The summed E-state index contributed by atoms with van der Waals surface area (Å²) in [5.74, 6) is -0.382. The van der Waals surface area contributed by atoms with Crippen molar-refractivity contribution in [3.8, 4) is 22.8 Å². The van der Waals surface area contributed by atoms with Gasteiger partial charge in [0.1, 0.15) is 29.1 Å². The largest absolute Gasteiger partial charge is 0.493 e. The van der Waals surface area contributed by atoms with Gasteiger partial charge in [-0.15, -0.1) is 0 Å². The lowest BCUT2D eigenvalue weighted by Gasteiger charge is -2.57. The summed E-state index contributed by atoms with van der Waals surface area (Å²) in [5, 5.41) is 9.51. The first-order chi connectivity index (χ1) is 20.8. The van der Waals surface area contributed by atoms with Crippen LogP contribution >= 0.6 is 23.2 Å². The number of ether oxygens (including phenoxy) is 3. The van der Waals surface area contributed by atoms with Crippen LogP contribution in [0.15, 0.2) is 36.7 Å². The Labute approximate surface area is 257 Å². The third kappa shape index (κ3) is 4.98. The molecule has 0 radical (unpaired) electrons. The minimum atomic E-state index is -0.616. The normalized spacial score (nSPS) is 20.1. The molecule has 0 bridgehead atoms.